The van der Waals surface area contributed by atoms with E-state index in [2.05, 4.69) is 30.4 Å². The minimum absolute atomic E-state index is 0.0797. The molecule has 2 aromatic rings. The summed E-state index contributed by atoms with van der Waals surface area (Å²) in [7, 11) is 0. The first-order chi connectivity index (χ1) is 16.4. The summed E-state index contributed by atoms with van der Waals surface area (Å²) in [5.74, 6) is -0.0259. The Balaban J connectivity index is 1.33. The van der Waals surface area contributed by atoms with E-state index in [1.807, 2.05) is 32.0 Å². The smallest absolute Gasteiger partial charge is 0.243 e. The zero-order chi connectivity index (χ0) is 24.1. The summed E-state index contributed by atoms with van der Waals surface area (Å²) >= 11 is 0. The minimum Gasteiger partial charge on any atom is -0.353 e. The first kappa shape index (κ1) is 23.6. The number of hydrogen-bond donors (Lipinski definition) is 2. The number of carbonyl (C=O) groups is 3. The molecule has 1 aromatic heterocycles. The summed E-state index contributed by atoms with van der Waals surface area (Å²) < 4.78 is 0. The Morgan fingerprint density at radius 1 is 1.03 bits per heavy atom. The van der Waals surface area contributed by atoms with Crippen LogP contribution in [0.2, 0.25) is 0 Å². The number of nitrogens with zero attached hydrogens (tertiary/aromatic N) is 5. The van der Waals surface area contributed by atoms with Gasteiger partial charge in [-0.3, -0.25) is 19.3 Å². The van der Waals surface area contributed by atoms with Gasteiger partial charge in [-0.2, -0.15) is 0 Å². The SMILES string of the molecule is Cc1cc(C)cc(NC(=O)C[C@@H]2C(=O)NCCN2C(=O)CN2CCN(c3ncccn3)CC2)c1. The maximum atomic E-state index is 13.1. The van der Waals surface area contributed by atoms with Crippen molar-refractivity contribution in [3.8, 4) is 0 Å². The van der Waals surface area contributed by atoms with Crippen LogP contribution in [0.25, 0.3) is 0 Å². The summed E-state index contributed by atoms with van der Waals surface area (Å²) in [6, 6.07) is 6.76. The van der Waals surface area contributed by atoms with Gasteiger partial charge >= 0.3 is 0 Å². The van der Waals surface area contributed by atoms with Crippen LogP contribution < -0.4 is 15.5 Å². The van der Waals surface area contributed by atoms with Crippen molar-refractivity contribution in [3.05, 3.63) is 47.8 Å². The third-order valence-corrected chi connectivity index (χ3v) is 6.10. The number of benzene rings is 1. The van der Waals surface area contributed by atoms with Crippen LogP contribution in [0.5, 0.6) is 0 Å². The lowest BCUT2D eigenvalue weighted by Gasteiger charge is -2.38. The highest BCUT2D eigenvalue weighted by Gasteiger charge is 2.35. The van der Waals surface area contributed by atoms with E-state index >= 15 is 0 Å². The molecule has 2 aliphatic rings. The number of carbonyl (C=O) groups excluding carboxylic acids is 3. The Morgan fingerprint density at radius 2 is 1.71 bits per heavy atom. The lowest BCUT2D eigenvalue weighted by Crippen LogP contribution is -2.60. The molecule has 10 nitrogen and oxygen atoms in total. The van der Waals surface area contributed by atoms with Crippen LogP contribution in [-0.4, -0.2) is 89.3 Å². The number of piperazine rings is 2. The fourth-order valence-electron chi connectivity index (χ4n) is 4.49. The zero-order valence-corrected chi connectivity index (χ0v) is 19.7. The van der Waals surface area contributed by atoms with Crippen LogP contribution in [0.4, 0.5) is 11.6 Å². The summed E-state index contributed by atoms with van der Waals surface area (Å²) in [5.41, 5.74) is 2.78. The molecule has 0 bridgehead atoms. The van der Waals surface area contributed by atoms with E-state index in [0.717, 1.165) is 24.2 Å². The molecule has 2 fully saturated rings. The van der Waals surface area contributed by atoms with Crippen LogP contribution in [0.3, 0.4) is 0 Å². The second kappa shape index (κ2) is 10.6. The van der Waals surface area contributed by atoms with E-state index in [-0.39, 0.29) is 30.7 Å². The van der Waals surface area contributed by atoms with Crippen molar-refractivity contribution in [2.24, 2.45) is 0 Å². The lowest BCUT2D eigenvalue weighted by atomic mass is 10.1. The molecule has 2 saturated heterocycles. The van der Waals surface area contributed by atoms with Gasteiger partial charge in [-0.15, -0.1) is 0 Å². The highest BCUT2D eigenvalue weighted by molar-refractivity contribution is 5.97. The van der Waals surface area contributed by atoms with Crippen molar-refractivity contribution >= 4 is 29.4 Å². The molecule has 0 unspecified atom stereocenters. The van der Waals surface area contributed by atoms with E-state index in [4.69, 9.17) is 0 Å². The van der Waals surface area contributed by atoms with E-state index in [0.29, 0.717) is 37.8 Å². The number of anilines is 2. The molecule has 0 spiro atoms. The van der Waals surface area contributed by atoms with E-state index in [9.17, 15) is 14.4 Å². The molecule has 3 heterocycles. The average Bonchev–Trinajstić information content (AvgIpc) is 2.80. The topological polar surface area (TPSA) is 111 Å². The number of aryl methyl sites for hydroxylation is 2. The highest BCUT2D eigenvalue weighted by Crippen LogP contribution is 2.17. The summed E-state index contributed by atoms with van der Waals surface area (Å²) in [6.45, 7) is 7.76. The normalized spacial score (nSPS) is 19.0. The van der Waals surface area contributed by atoms with Crippen LogP contribution >= 0.6 is 0 Å². The van der Waals surface area contributed by atoms with Crippen molar-refractivity contribution in [1.29, 1.82) is 0 Å². The Labute approximate surface area is 199 Å². The fraction of sp³-hybridized carbons (Fsp3) is 0.458. The van der Waals surface area contributed by atoms with Crippen molar-refractivity contribution in [2.75, 3.05) is 56.0 Å². The standard InChI is InChI=1S/C24H31N7O3/c1-17-12-18(2)14-19(13-17)28-21(32)15-20-23(34)25-6-7-31(20)22(33)16-29-8-10-30(11-9-29)24-26-4-3-5-27-24/h3-5,12-14,20H,6-11,15-16H2,1-2H3,(H,25,34)(H,28,32)/t20-/m1/s1. The molecule has 0 saturated carbocycles. The summed E-state index contributed by atoms with van der Waals surface area (Å²) in [5, 5.41) is 5.65. The third kappa shape index (κ3) is 5.88. The number of hydrogen-bond acceptors (Lipinski definition) is 7. The number of aromatic nitrogens is 2. The fourth-order valence-corrected chi connectivity index (χ4v) is 4.49. The van der Waals surface area contributed by atoms with Crippen LogP contribution in [0, 0.1) is 13.8 Å². The van der Waals surface area contributed by atoms with Crippen LogP contribution in [0.1, 0.15) is 17.5 Å². The van der Waals surface area contributed by atoms with Gasteiger partial charge in [0.15, 0.2) is 0 Å². The molecule has 4 rings (SSSR count). The van der Waals surface area contributed by atoms with E-state index in [1.165, 1.54) is 0 Å². The second-order valence-corrected chi connectivity index (χ2v) is 8.83. The first-order valence-electron chi connectivity index (χ1n) is 11.6. The monoisotopic (exact) mass is 465 g/mol. The molecular weight excluding hydrogens is 434 g/mol. The van der Waals surface area contributed by atoms with Crippen LogP contribution in [-0.2, 0) is 14.4 Å². The van der Waals surface area contributed by atoms with Gasteiger partial charge in [0.1, 0.15) is 6.04 Å². The van der Waals surface area contributed by atoms with Gasteiger partial charge in [0.05, 0.1) is 13.0 Å². The molecule has 34 heavy (non-hydrogen) atoms. The molecule has 3 amide bonds. The van der Waals surface area contributed by atoms with E-state index in [1.54, 1.807) is 23.4 Å². The Hall–Kier alpha value is -3.53. The molecule has 1 aromatic carbocycles. The number of nitrogens with one attached hydrogen (secondary N) is 2. The van der Waals surface area contributed by atoms with Gasteiger partial charge in [-0.1, -0.05) is 6.07 Å². The Morgan fingerprint density at radius 3 is 2.38 bits per heavy atom. The second-order valence-electron chi connectivity index (χ2n) is 8.83. The number of rotatable bonds is 6. The zero-order valence-electron chi connectivity index (χ0n) is 19.7. The molecule has 2 N–H and O–H groups in total. The van der Waals surface area contributed by atoms with Crippen molar-refractivity contribution in [1.82, 2.24) is 25.1 Å². The largest absolute Gasteiger partial charge is 0.353 e. The maximum absolute atomic E-state index is 13.1. The summed E-state index contributed by atoms with van der Waals surface area (Å²) in [6.07, 6.45) is 3.36. The Bertz CT molecular complexity index is 1020. The summed E-state index contributed by atoms with van der Waals surface area (Å²) in [4.78, 5) is 52.7. The molecule has 2 aliphatic heterocycles. The average molecular weight is 466 g/mol. The molecule has 1 atom stereocenters. The molecule has 180 valence electrons. The maximum Gasteiger partial charge on any atom is 0.243 e. The van der Waals surface area contributed by atoms with Crippen molar-refractivity contribution in [2.45, 2.75) is 26.3 Å². The lowest BCUT2D eigenvalue weighted by molar-refractivity contribution is -0.145. The van der Waals surface area contributed by atoms with Crippen molar-refractivity contribution in [3.63, 3.8) is 0 Å². The van der Waals surface area contributed by atoms with Gasteiger partial charge in [-0.25, -0.2) is 9.97 Å². The van der Waals surface area contributed by atoms with Crippen LogP contribution in [0.15, 0.2) is 36.7 Å². The van der Waals surface area contributed by atoms with Gasteiger partial charge in [-0.05, 0) is 43.2 Å². The number of amides is 3. The van der Waals surface area contributed by atoms with Gasteiger partial charge in [0.2, 0.25) is 23.7 Å². The Kier molecular flexibility index (Phi) is 7.36. The quantitative estimate of drug-likeness (QED) is 0.642. The highest BCUT2D eigenvalue weighted by atomic mass is 16.2. The molecule has 10 heteroatoms. The van der Waals surface area contributed by atoms with Gasteiger partial charge < -0.3 is 20.4 Å². The molecule has 0 aliphatic carbocycles. The van der Waals surface area contributed by atoms with Crippen molar-refractivity contribution < 1.29 is 14.4 Å². The van der Waals surface area contributed by atoms with Gasteiger partial charge in [0.25, 0.3) is 0 Å². The minimum atomic E-state index is -0.814. The predicted molar refractivity (Wildman–Crippen MR) is 128 cm³/mol. The molecular formula is C24H31N7O3. The first-order valence-corrected chi connectivity index (χ1v) is 11.6. The van der Waals surface area contributed by atoms with Gasteiger partial charge in [0, 0.05) is 57.3 Å². The predicted octanol–water partition coefficient (Wildman–Crippen LogP) is 0.571. The third-order valence-electron chi connectivity index (χ3n) is 6.10. The van der Waals surface area contributed by atoms with E-state index < -0.39 is 6.04 Å². The molecule has 0 radical (unpaired) electrons.